The van der Waals surface area contributed by atoms with Gasteiger partial charge in [-0.25, -0.2) is 14.1 Å². The number of nitrogens with zero attached hydrogens (tertiary/aromatic N) is 3. The molecule has 0 saturated carbocycles. The number of rotatable bonds is 12. The normalized spacial score (nSPS) is 18.8. The number of anilines is 1. The van der Waals surface area contributed by atoms with Crippen LogP contribution in [-0.4, -0.2) is 62.3 Å². The van der Waals surface area contributed by atoms with E-state index in [2.05, 4.69) is 10.1 Å². The molecule has 0 spiro atoms. The molecular weight excluding hydrogens is 575 g/mol. The predicted octanol–water partition coefficient (Wildman–Crippen LogP) is 5.69. The fraction of sp³-hybridized carbons (Fsp3) is 0.692. The summed E-state index contributed by atoms with van der Waals surface area (Å²) in [5, 5.41) is 4.32. The second kappa shape index (κ2) is 14.1. The lowest BCUT2D eigenvalue weighted by Gasteiger charge is -2.30. The molecule has 0 unspecified atom stereocenters. The summed E-state index contributed by atoms with van der Waals surface area (Å²) < 4.78 is 38.4. The Morgan fingerprint density at radius 1 is 1.02 bits per heavy atom. The van der Waals surface area contributed by atoms with Gasteiger partial charge in [0.15, 0.2) is 16.0 Å². The van der Waals surface area contributed by atoms with Gasteiger partial charge in [-0.15, -0.1) is 0 Å². The van der Waals surface area contributed by atoms with Crippen LogP contribution in [0.2, 0.25) is 0 Å². The minimum absolute atomic E-state index is 0.00322. The van der Waals surface area contributed by atoms with E-state index in [9.17, 15) is 14.2 Å². The topological polar surface area (TPSA) is 144 Å². The lowest BCUT2D eigenvalue weighted by atomic mass is 9.99. The van der Waals surface area contributed by atoms with Crippen LogP contribution in [0.3, 0.4) is 0 Å². The summed E-state index contributed by atoms with van der Waals surface area (Å²) in [6.07, 6.45) is 3.17. The summed E-state index contributed by atoms with van der Waals surface area (Å²) >= 11 is 2.23. The molecule has 1 saturated heterocycles. The molecule has 2 atom stereocenters. The van der Waals surface area contributed by atoms with Crippen LogP contribution in [-0.2, 0) is 32.5 Å². The van der Waals surface area contributed by atoms with Crippen LogP contribution in [0.4, 0.5) is 5.82 Å². The monoisotopic (exact) mass is 616 g/mol. The summed E-state index contributed by atoms with van der Waals surface area (Å²) in [7, 11) is -3.98. The number of phosphoric ester groups is 1. The summed E-state index contributed by atoms with van der Waals surface area (Å²) in [6, 6.07) is 3.77. The molecule has 11 nitrogen and oxygen atoms in total. The van der Waals surface area contributed by atoms with Gasteiger partial charge >= 0.3 is 7.82 Å². The number of carbonyl (C=O) groups is 2. The van der Waals surface area contributed by atoms with E-state index in [1.165, 1.54) is 6.33 Å². The fourth-order valence-corrected chi connectivity index (χ4v) is 6.76. The van der Waals surface area contributed by atoms with Crippen molar-refractivity contribution in [3.8, 4) is 0 Å². The zero-order chi connectivity index (χ0) is 29.6. The Kier molecular flexibility index (Phi) is 11.7. The molecule has 0 aliphatic carbocycles. The highest BCUT2D eigenvalue weighted by molar-refractivity contribution is 8.14. The van der Waals surface area contributed by atoms with E-state index in [1.807, 2.05) is 53.7 Å². The maximum Gasteiger partial charge on any atom is 0.474 e. The van der Waals surface area contributed by atoms with E-state index in [1.54, 1.807) is 4.52 Å². The summed E-state index contributed by atoms with van der Waals surface area (Å²) in [6.45, 7) is 11.0. The molecule has 1 aliphatic rings. The standard InChI is InChI=1S/C26H41N4O7PS2/c1-25(2,3)23(31)39-14-12-34-38(33,35-13-15-40-24(32)26(4,5)6)36-16-18-8-7-9-21(37-18)19-10-11-20-22(27)28-17-29-30(19)20/h10-11,17-18,21H,7-9,12-16H2,1-6H3,(H2,27,28,29)/t18-,21+/m0/s1. The van der Waals surface area contributed by atoms with Crippen LogP contribution in [0.5, 0.6) is 0 Å². The molecule has 1 aliphatic heterocycles. The van der Waals surface area contributed by atoms with Gasteiger partial charge in [-0.05, 0) is 31.4 Å². The van der Waals surface area contributed by atoms with Crippen molar-refractivity contribution in [2.24, 2.45) is 10.8 Å². The van der Waals surface area contributed by atoms with Crippen molar-refractivity contribution < 1.29 is 32.5 Å². The van der Waals surface area contributed by atoms with Crippen LogP contribution >= 0.6 is 31.3 Å². The number of carbonyl (C=O) groups excluding carboxylic acids is 2. The molecule has 14 heteroatoms. The quantitative estimate of drug-likeness (QED) is 0.231. The van der Waals surface area contributed by atoms with Crippen LogP contribution in [0.15, 0.2) is 18.5 Å². The van der Waals surface area contributed by atoms with Gasteiger partial charge in [0, 0.05) is 22.3 Å². The van der Waals surface area contributed by atoms with E-state index in [4.69, 9.17) is 24.0 Å². The van der Waals surface area contributed by atoms with Crippen molar-refractivity contribution in [3.05, 3.63) is 24.2 Å². The Labute approximate surface area is 244 Å². The van der Waals surface area contributed by atoms with Crippen LogP contribution in [0.25, 0.3) is 5.52 Å². The Bertz CT molecular complexity index is 1170. The van der Waals surface area contributed by atoms with Crippen molar-refractivity contribution in [2.45, 2.75) is 73.0 Å². The van der Waals surface area contributed by atoms with Gasteiger partial charge in [0.25, 0.3) is 0 Å². The Balaban J connectivity index is 1.59. The Hall–Kier alpha value is -1.47. The van der Waals surface area contributed by atoms with Crippen molar-refractivity contribution in [1.29, 1.82) is 0 Å². The number of fused-ring (bicyclic) bond motifs is 1. The van der Waals surface area contributed by atoms with Crippen molar-refractivity contribution in [1.82, 2.24) is 14.6 Å². The molecule has 2 aromatic rings. The molecule has 1 fully saturated rings. The van der Waals surface area contributed by atoms with Crippen molar-refractivity contribution >= 4 is 52.9 Å². The fourth-order valence-electron chi connectivity index (χ4n) is 3.74. The highest BCUT2D eigenvalue weighted by Gasteiger charge is 2.33. The van der Waals surface area contributed by atoms with Crippen LogP contribution in [0.1, 0.15) is 72.6 Å². The lowest BCUT2D eigenvalue weighted by Crippen LogP contribution is -2.27. The minimum Gasteiger partial charge on any atom is -0.382 e. The number of thioether (sulfide) groups is 2. The molecule has 224 valence electrons. The van der Waals surface area contributed by atoms with Gasteiger partial charge in [0.2, 0.25) is 0 Å². The number of ether oxygens (including phenoxy) is 1. The van der Waals surface area contributed by atoms with Gasteiger partial charge in [-0.1, -0.05) is 65.1 Å². The van der Waals surface area contributed by atoms with E-state index >= 15 is 0 Å². The number of nitrogens with two attached hydrogens (primary N) is 1. The highest BCUT2D eigenvalue weighted by Crippen LogP contribution is 2.50. The van der Waals surface area contributed by atoms with Gasteiger partial charge in [-0.2, -0.15) is 5.10 Å². The maximum atomic E-state index is 13.5. The van der Waals surface area contributed by atoms with Gasteiger partial charge in [0.05, 0.1) is 37.7 Å². The SMILES string of the molecule is CC(C)(C)C(=O)SCCOP(=O)(OCCSC(=O)C(C)(C)C)OC[C@@H]1CCC[C@H](c2ccc3c(N)ncnn23)O1. The third-order valence-electron chi connectivity index (χ3n) is 5.97. The Morgan fingerprint density at radius 2 is 1.62 bits per heavy atom. The predicted molar refractivity (Wildman–Crippen MR) is 158 cm³/mol. The van der Waals surface area contributed by atoms with Crippen molar-refractivity contribution in [2.75, 3.05) is 37.1 Å². The number of phosphoric acid groups is 1. The average molecular weight is 617 g/mol. The first-order valence-corrected chi connectivity index (χ1v) is 16.7. The molecule has 2 N–H and O–H groups in total. The third kappa shape index (κ3) is 9.54. The van der Waals surface area contributed by atoms with E-state index < -0.39 is 18.7 Å². The van der Waals surface area contributed by atoms with Gasteiger partial charge in [-0.3, -0.25) is 23.2 Å². The smallest absolute Gasteiger partial charge is 0.382 e. The summed E-state index contributed by atoms with van der Waals surface area (Å²) in [5.41, 5.74) is 6.54. The number of aromatic nitrogens is 3. The Morgan fingerprint density at radius 3 is 2.20 bits per heavy atom. The van der Waals surface area contributed by atoms with Crippen LogP contribution in [0, 0.1) is 10.8 Å². The molecule has 40 heavy (non-hydrogen) atoms. The summed E-state index contributed by atoms with van der Waals surface area (Å²) in [5.74, 6) is 0.994. The van der Waals surface area contributed by atoms with Gasteiger partial charge < -0.3 is 10.5 Å². The molecule has 3 rings (SSSR count). The third-order valence-corrected chi connectivity index (χ3v) is 9.92. The zero-order valence-corrected chi connectivity index (χ0v) is 26.6. The number of hydrogen-bond donors (Lipinski definition) is 1. The first kappa shape index (κ1) is 33.0. The molecule has 0 bridgehead atoms. The molecule has 0 radical (unpaired) electrons. The number of nitrogen functional groups attached to an aromatic ring is 1. The number of hydrogen-bond acceptors (Lipinski definition) is 12. The van der Waals surface area contributed by atoms with E-state index in [0.29, 0.717) is 29.3 Å². The second-order valence-corrected chi connectivity index (χ2v) is 15.4. The second-order valence-electron chi connectivity index (χ2n) is 11.6. The molecule has 0 aromatic carbocycles. The lowest BCUT2D eigenvalue weighted by molar-refractivity contribution is -0.118. The largest absolute Gasteiger partial charge is 0.474 e. The molecule has 3 heterocycles. The first-order chi connectivity index (χ1) is 18.7. The molecule has 2 aromatic heterocycles. The highest BCUT2D eigenvalue weighted by atomic mass is 32.2. The minimum atomic E-state index is -3.98. The molecular formula is C26H41N4O7PS2. The van der Waals surface area contributed by atoms with E-state index in [0.717, 1.165) is 42.1 Å². The van der Waals surface area contributed by atoms with Crippen molar-refractivity contribution in [3.63, 3.8) is 0 Å². The maximum absolute atomic E-state index is 13.5. The molecule has 0 amide bonds. The van der Waals surface area contributed by atoms with Gasteiger partial charge in [0.1, 0.15) is 11.8 Å². The van der Waals surface area contributed by atoms with E-state index in [-0.39, 0.29) is 42.3 Å². The van der Waals surface area contributed by atoms with Crippen LogP contribution < -0.4 is 5.73 Å². The average Bonchev–Trinajstić information content (AvgIpc) is 3.32. The summed E-state index contributed by atoms with van der Waals surface area (Å²) in [4.78, 5) is 28.5. The zero-order valence-electron chi connectivity index (χ0n) is 24.1. The first-order valence-electron chi connectivity index (χ1n) is 13.3.